The van der Waals surface area contributed by atoms with Crippen LogP contribution in [0.2, 0.25) is 0 Å². The van der Waals surface area contributed by atoms with E-state index >= 15 is 0 Å². The minimum absolute atomic E-state index is 0.495. The molecule has 0 saturated carbocycles. The highest BCUT2D eigenvalue weighted by atomic mass is 28.3. The molecular weight excluding hydrogens is 158 g/mol. The molecule has 62 valence electrons. The zero-order valence-electron chi connectivity index (χ0n) is 6.96. The van der Waals surface area contributed by atoms with Crippen LogP contribution in [0, 0.1) is 11.3 Å². The molecule has 0 aromatic carbocycles. The number of hydrogen-bond donors (Lipinski definition) is 0. The highest BCUT2D eigenvalue weighted by Crippen LogP contribution is 2.06. The van der Waals surface area contributed by atoms with Crippen molar-refractivity contribution in [3.8, 4) is 6.07 Å². The van der Waals surface area contributed by atoms with Crippen molar-refractivity contribution in [3.05, 3.63) is 11.8 Å². The molecule has 0 amide bonds. The Labute approximate surface area is 69.1 Å². The Hall–Kier alpha value is -0.633. The molecule has 0 atom stereocenters. The predicted molar refractivity (Wildman–Crippen MR) is 45.2 cm³/mol. The van der Waals surface area contributed by atoms with E-state index in [9.17, 15) is 0 Å². The van der Waals surface area contributed by atoms with E-state index in [1.54, 1.807) is 14.2 Å². The van der Waals surface area contributed by atoms with Gasteiger partial charge in [0.1, 0.15) is 0 Å². The number of nitriles is 1. The molecule has 0 aliphatic heterocycles. The summed E-state index contributed by atoms with van der Waals surface area (Å²) in [5.41, 5.74) is 0. The van der Waals surface area contributed by atoms with E-state index in [0.717, 1.165) is 5.20 Å². The average Bonchev–Trinajstić information content (AvgIpc) is 2.03. The van der Waals surface area contributed by atoms with Gasteiger partial charge in [0.15, 0.2) is 0 Å². The van der Waals surface area contributed by atoms with Gasteiger partial charge in [-0.2, -0.15) is 5.26 Å². The van der Waals surface area contributed by atoms with Gasteiger partial charge in [0.05, 0.1) is 6.07 Å². The van der Waals surface area contributed by atoms with Crippen LogP contribution in [0.5, 0.6) is 0 Å². The van der Waals surface area contributed by atoms with Crippen molar-refractivity contribution in [2.45, 2.75) is 12.8 Å². The third kappa shape index (κ3) is 3.93. The van der Waals surface area contributed by atoms with Crippen molar-refractivity contribution in [2.75, 3.05) is 14.2 Å². The Morgan fingerprint density at radius 2 is 2.09 bits per heavy atom. The lowest BCUT2D eigenvalue weighted by molar-refractivity contribution is 0.286. The van der Waals surface area contributed by atoms with Crippen LogP contribution in [0.3, 0.4) is 0 Å². The van der Waals surface area contributed by atoms with Crippen LogP contribution >= 0.6 is 0 Å². The smallest absolute Gasteiger partial charge is 0.350 e. The Morgan fingerprint density at radius 3 is 2.45 bits per heavy atom. The molecule has 4 heteroatoms. The molecule has 0 heterocycles. The molecule has 0 rings (SSSR count). The van der Waals surface area contributed by atoms with E-state index in [0.29, 0.717) is 12.8 Å². The molecule has 0 aliphatic rings. The van der Waals surface area contributed by atoms with Crippen LogP contribution in [0.1, 0.15) is 12.8 Å². The Kier molecular flexibility index (Phi) is 5.75. The summed E-state index contributed by atoms with van der Waals surface area (Å²) in [6, 6.07) is 2.05. The van der Waals surface area contributed by atoms with Crippen LogP contribution < -0.4 is 0 Å². The molecule has 0 spiro atoms. The van der Waals surface area contributed by atoms with E-state index in [4.69, 9.17) is 14.1 Å². The Balaban J connectivity index is 3.72. The highest BCUT2D eigenvalue weighted by molar-refractivity contribution is 6.53. The predicted octanol–water partition coefficient (Wildman–Crippen LogP) is 0.899. The Morgan fingerprint density at radius 1 is 1.55 bits per heavy atom. The molecule has 0 aromatic rings. The van der Waals surface area contributed by atoms with E-state index in [2.05, 4.69) is 12.6 Å². The molecule has 0 bridgehead atoms. The van der Waals surface area contributed by atoms with Gasteiger partial charge >= 0.3 is 9.28 Å². The third-order valence-corrected chi connectivity index (χ3v) is 3.13. The van der Waals surface area contributed by atoms with Crippen LogP contribution in [-0.2, 0) is 8.85 Å². The summed E-state index contributed by atoms with van der Waals surface area (Å²) < 4.78 is 10.1. The van der Waals surface area contributed by atoms with Gasteiger partial charge < -0.3 is 8.85 Å². The fraction of sp³-hybridized carbons (Fsp3) is 0.571. The molecule has 0 aliphatic carbocycles. The lowest BCUT2D eigenvalue weighted by atomic mass is 10.3. The van der Waals surface area contributed by atoms with Gasteiger partial charge in [0.25, 0.3) is 0 Å². The second kappa shape index (κ2) is 6.10. The normalized spacial score (nSPS) is 9.64. The van der Waals surface area contributed by atoms with Crippen molar-refractivity contribution in [1.82, 2.24) is 0 Å². The van der Waals surface area contributed by atoms with Gasteiger partial charge in [0, 0.05) is 20.6 Å². The zero-order valence-corrected chi connectivity index (χ0v) is 8.12. The summed E-state index contributed by atoms with van der Waals surface area (Å²) in [6.45, 7) is 3.79. The molecule has 0 fully saturated rings. The maximum absolute atomic E-state index is 8.29. The minimum Gasteiger partial charge on any atom is -0.397 e. The first-order valence-corrected chi connectivity index (χ1v) is 4.88. The van der Waals surface area contributed by atoms with Gasteiger partial charge in [-0.05, 0) is 11.6 Å². The maximum Gasteiger partial charge on any atom is 0.350 e. The summed E-state index contributed by atoms with van der Waals surface area (Å²) in [6.07, 6.45) is 1.18. The summed E-state index contributed by atoms with van der Waals surface area (Å²) in [5.74, 6) is 0. The first kappa shape index (κ1) is 10.4. The average molecular weight is 171 g/mol. The summed E-state index contributed by atoms with van der Waals surface area (Å²) >= 11 is 0. The Bertz CT molecular complexity index is 160. The van der Waals surface area contributed by atoms with Crippen molar-refractivity contribution >= 4 is 9.28 Å². The first-order valence-electron chi connectivity index (χ1n) is 3.36. The lowest BCUT2D eigenvalue weighted by Crippen LogP contribution is -2.21. The van der Waals surface area contributed by atoms with Gasteiger partial charge in [-0.15, -0.1) is 0 Å². The van der Waals surface area contributed by atoms with Crippen molar-refractivity contribution in [2.24, 2.45) is 0 Å². The van der Waals surface area contributed by atoms with E-state index in [-0.39, 0.29) is 0 Å². The second-order valence-electron chi connectivity index (χ2n) is 2.12. The zero-order chi connectivity index (χ0) is 8.69. The van der Waals surface area contributed by atoms with E-state index in [1.807, 2.05) is 0 Å². The summed E-state index contributed by atoms with van der Waals surface area (Å²) in [5, 5.41) is 9.23. The number of rotatable bonds is 5. The standard InChI is InChI=1S/C7H13NO2Si/c1-7(5-4-6-8)11(9-2)10-3/h11H,1,4-5H2,2-3H3. The molecule has 0 saturated heterocycles. The van der Waals surface area contributed by atoms with Gasteiger partial charge in [0.2, 0.25) is 0 Å². The van der Waals surface area contributed by atoms with Crippen LogP contribution in [0.4, 0.5) is 0 Å². The van der Waals surface area contributed by atoms with Crippen molar-refractivity contribution in [3.63, 3.8) is 0 Å². The number of hydrogen-bond acceptors (Lipinski definition) is 3. The molecular formula is C7H13NO2Si. The molecule has 11 heavy (non-hydrogen) atoms. The first-order chi connectivity index (χ1) is 5.26. The topological polar surface area (TPSA) is 42.2 Å². The fourth-order valence-corrected chi connectivity index (χ4v) is 2.00. The molecule has 3 nitrogen and oxygen atoms in total. The van der Waals surface area contributed by atoms with E-state index in [1.165, 1.54) is 0 Å². The third-order valence-electron chi connectivity index (χ3n) is 1.32. The maximum atomic E-state index is 8.29. The molecule has 0 radical (unpaired) electrons. The molecule has 0 aromatic heterocycles. The van der Waals surface area contributed by atoms with Gasteiger partial charge in [-0.25, -0.2) is 0 Å². The fourth-order valence-electron chi connectivity index (χ4n) is 0.764. The van der Waals surface area contributed by atoms with Gasteiger partial charge in [-0.3, -0.25) is 0 Å². The number of allylic oxidation sites excluding steroid dienone is 1. The second-order valence-corrected chi connectivity index (χ2v) is 4.54. The quantitative estimate of drug-likeness (QED) is 0.577. The van der Waals surface area contributed by atoms with Crippen LogP contribution in [0.15, 0.2) is 11.8 Å². The monoisotopic (exact) mass is 171 g/mol. The largest absolute Gasteiger partial charge is 0.397 e. The lowest BCUT2D eigenvalue weighted by Gasteiger charge is -2.11. The van der Waals surface area contributed by atoms with E-state index < -0.39 is 9.28 Å². The van der Waals surface area contributed by atoms with Gasteiger partial charge in [-0.1, -0.05) is 6.58 Å². The van der Waals surface area contributed by atoms with Crippen molar-refractivity contribution in [1.29, 1.82) is 5.26 Å². The van der Waals surface area contributed by atoms with Crippen LogP contribution in [-0.4, -0.2) is 23.5 Å². The van der Waals surface area contributed by atoms with Crippen LogP contribution in [0.25, 0.3) is 0 Å². The highest BCUT2D eigenvalue weighted by Gasteiger charge is 2.13. The SMILES string of the molecule is C=C(CCC#N)[SiH](OC)OC. The minimum atomic E-state index is -1.66. The molecule has 0 unspecified atom stereocenters. The summed E-state index contributed by atoms with van der Waals surface area (Å²) in [7, 11) is 1.55. The summed E-state index contributed by atoms with van der Waals surface area (Å²) in [4.78, 5) is 0. The van der Waals surface area contributed by atoms with Crippen molar-refractivity contribution < 1.29 is 8.85 Å². The molecule has 0 N–H and O–H groups in total. The number of nitrogens with zero attached hydrogens (tertiary/aromatic N) is 1.